The van der Waals surface area contributed by atoms with Crippen LogP contribution in [0.5, 0.6) is 0 Å². The second kappa shape index (κ2) is 5.68. The maximum Gasteiger partial charge on any atom is 0.412 e. The highest BCUT2D eigenvalue weighted by molar-refractivity contribution is 5.85. The molecule has 3 rings (SSSR count). The highest BCUT2D eigenvalue weighted by Crippen LogP contribution is 2.17. The van der Waals surface area contributed by atoms with Crippen LogP contribution in [0, 0.1) is 0 Å². The number of rotatable bonds is 2. The third-order valence-electron chi connectivity index (χ3n) is 2.90. The monoisotopic (exact) mass is 311 g/mol. The van der Waals surface area contributed by atoms with Gasteiger partial charge in [-0.05, 0) is 39.0 Å². The lowest BCUT2D eigenvalue weighted by molar-refractivity contribution is 0.0636. The number of hydrogen-bond donors (Lipinski definition) is 1. The average Bonchev–Trinajstić information content (AvgIpc) is 2.89. The standard InChI is InChI=1S/C16H17N5O2/c1-16(2,3)23-15(22)18-12-6-8-21-13(9-12)19-14(20-21)11-5-4-7-17-10-11/h4-10H,1-3H3,(H,18,22). The maximum absolute atomic E-state index is 11.8. The van der Waals surface area contributed by atoms with Crippen LogP contribution in [0.4, 0.5) is 10.5 Å². The van der Waals surface area contributed by atoms with Crippen LogP contribution in [-0.4, -0.2) is 31.3 Å². The van der Waals surface area contributed by atoms with Gasteiger partial charge < -0.3 is 4.74 Å². The van der Waals surface area contributed by atoms with Crippen LogP contribution in [0.25, 0.3) is 17.0 Å². The van der Waals surface area contributed by atoms with Crippen molar-refractivity contribution in [2.24, 2.45) is 0 Å². The molecule has 23 heavy (non-hydrogen) atoms. The molecule has 0 bridgehead atoms. The lowest BCUT2D eigenvalue weighted by Gasteiger charge is -2.19. The molecular formula is C16H17N5O2. The zero-order chi connectivity index (χ0) is 16.4. The fourth-order valence-corrected chi connectivity index (χ4v) is 2.00. The molecule has 1 amide bonds. The molecule has 3 aromatic heterocycles. The summed E-state index contributed by atoms with van der Waals surface area (Å²) in [6, 6.07) is 7.19. The summed E-state index contributed by atoms with van der Waals surface area (Å²) in [6.45, 7) is 5.44. The lowest BCUT2D eigenvalue weighted by atomic mass is 10.2. The van der Waals surface area contributed by atoms with Gasteiger partial charge in [-0.1, -0.05) is 0 Å². The van der Waals surface area contributed by atoms with Gasteiger partial charge in [-0.2, -0.15) is 0 Å². The zero-order valence-corrected chi connectivity index (χ0v) is 13.1. The molecule has 0 unspecified atom stereocenters. The largest absolute Gasteiger partial charge is 0.444 e. The van der Waals surface area contributed by atoms with Gasteiger partial charge in [-0.25, -0.2) is 14.3 Å². The van der Waals surface area contributed by atoms with E-state index in [1.54, 1.807) is 35.2 Å². The number of pyridine rings is 2. The van der Waals surface area contributed by atoms with E-state index in [0.717, 1.165) is 5.56 Å². The van der Waals surface area contributed by atoms with Crippen LogP contribution in [0.1, 0.15) is 20.8 Å². The molecule has 1 N–H and O–H groups in total. The number of carbonyl (C=O) groups is 1. The molecule has 0 aliphatic rings. The summed E-state index contributed by atoms with van der Waals surface area (Å²) < 4.78 is 6.87. The van der Waals surface area contributed by atoms with E-state index in [0.29, 0.717) is 17.2 Å². The third kappa shape index (κ3) is 3.63. The van der Waals surface area contributed by atoms with Crippen molar-refractivity contribution in [1.82, 2.24) is 19.6 Å². The number of anilines is 1. The Hall–Kier alpha value is -2.96. The number of nitrogens with zero attached hydrogens (tertiary/aromatic N) is 4. The topological polar surface area (TPSA) is 81.4 Å². The Morgan fingerprint density at radius 2 is 2.13 bits per heavy atom. The average molecular weight is 311 g/mol. The van der Waals surface area contributed by atoms with Gasteiger partial charge in [0, 0.05) is 35.9 Å². The van der Waals surface area contributed by atoms with Gasteiger partial charge in [0.05, 0.1) is 0 Å². The molecule has 3 heterocycles. The van der Waals surface area contributed by atoms with Crippen LogP contribution in [0.15, 0.2) is 42.9 Å². The highest BCUT2D eigenvalue weighted by atomic mass is 16.6. The molecule has 0 spiro atoms. The van der Waals surface area contributed by atoms with Gasteiger partial charge in [-0.15, -0.1) is 5.10 Å². The summed E-state index contributed by atoms with van der Waals surface area (Å²) in [5, 5.41) is 7.07. The van der Waals surface area contributed by atoms with E-state index in [4.69, 9.17) is 4.74 Å². The van der Waals surface area contributed by atoms with Gasteiger partial charge in [-0.3, -0.25) is 10.3 Å². The Bertz CT molecular complexity index is 837. The van der Waals surface area contributed by atoms with Crippen molar-refractivity contribution in [3.8, 4) is 11.4 Å². The van der Waals surface area contributed by atoms with Gasteiger partial charge in [0.25, 0.3) is 0 Å². The molecular weight excluding hydrogens is 294 g/mol. The summed E-state index contributed by atoms with van der Waals surface area (Å²) in [6.07, 6.45) is 4.62. The van der Waals surface area contributed by atoms with Crippen molar-refractivity contribution in [3.63, 3.8) is 0 Å². The van der Waals surface area contributed by atoms with Crippen molar-refractivity contribution in [3.05, 3.63) is 42.9 Å². The van der Waals surface area contributed by atoms with Crippen LogP contribution in [0.2, 0.25) is 0 Å². The SMILES string of the molecule is CC(C)(C)OC(=O)Nc1ccn2nc(-c3cccnc3)nc2c1. The molecule has 118 valence electrons. The fraction of sp³-hybridized carbons (Fsp3) is 0.250. The van der Waals surface area contributed by atoms with Gasteiger partial charge in [0.1, 0.15) is 5.60 Å². The minimum atomic E-state index is -0.545. The van der Waals surface area contributed by atoms with E-state index in [9.17, 15) is 4.79 Å². The maximum atomic E-state index is 11.8. The minimum absolute atomic E-state index is 0.506. The first kappa shape index (κ1) is 15.0. The quantitative estimate of drug-likeness (QED) is 0.786. The predicted molar refractivity (Wildman–Crippen MR) is 86.1 cm³/mol. The second-order valence-electron chi connectivity index (χ2n) is 6.02. The van der Waals surface area contributed by atoms with Crippen molar-refractivity contribution in [2.45, 2.75) is 26.4 Å². The Morgan fingerprint density at radius 3 is 2.83 bits per heavy atom. The van der Waals surface area contributed by atoms with Gasteiger partial charge >= 0.3 is 6.09 Å². The molecule has 0 aromatic carbocycles. The summed E-state index contributed by atoms with van der Waals surface area (Å²) in [7, 11) is 0. The van der Waals surface area contributed by atoms with Gasteiger partial charge in [0.15, 0.2) is 11.5 Å². The molecule has 0 aliphatic heterocycles. The van der Waals surface area contributed by atoms with E-state index < -0.39 is 11.7 Å². The zero-order valence-electron chi connectivity index (χ0n) is 13.1. The molecule has 0 radical (unpaired) electrons. The summed E-state index contributed by atoms with van der Waals surface area (Å²) in [5.74, 6) is 0.576. The van der Waals surface area contributed by atoms with Crippen LogP contribution in [-0.2, 0) is 4.74 Å². The number of amides is 1. The Balaban J connectivity index is 1.84. The molecule has 0 aliphatic carbocycles. The fourth-order valence-electron chi connectivity index (χ4n) is 2.00. The third-order valence-corrected chi connectivity index (χ3v) is 2.90. The number of aromatic nitrogens is 4. The second-order valence-corrected chi connectivity index (χ2v) is 6.02. The van der Waals surface area contributed by atoms with E-state index in [1.165, 1.54) is 0 Å². The van der Waals surface area contributed by atoms with Crippen LogP contribution >= 0.6 is 0 Å². The molecule has 0 saturated carbocycles. The number of carbonyl (C=O) groups excluding carboxylic acids is 1. The first-order valence-corrected chi connectivity index (χ1v) is 7.17. The highest BCUT2D eigenvalue weighted by Gasteiger charge is 2.16. The Labute approximate surface area is 133 Å². The molecule has 7 heteroatoms. The van der Waals surface area contributed by atoms with Crippen molar-refractivity contribution >= 4 is 17.4 Å². The van der Waals surface area contributed by atoms with Crippen molar-refractivity contribution in [1.29, 1.82) is 0 Å². The van der Waals surface area contributed by atoms with Crippen molar-refractivity contribution < 1.29 is 9.53 Å². The van der Waals surface area contributed by atoms with Crippen molar-refractivity contribution in [2.75, 3.05) is 5.32 Å². The lowest BCUT2D eigenvalue weighted by Crippen LogP contribution is -2.27. The van der Waals surface area contributed by atoms with Gasteiger partial charge in [0.2, 0.25) is 0 Å². The first-order valence-electron chi connectivity index (χ1n) is 7.17. The number of nitrogens with one attached hydrogen (secondary N) is 1. The number of fused-ring (bicyclic) bond motifs is 1. The Kier molecular flexibility index (Phi) is 3.69. The number of hydrogen-bond acceptors (Lipinski definition) is 5. The molecule has 0 saturated heterocycles. The van der Waals surface area contributed by atoms with E-state index in [-0.39, 0.29) is 0 Å². The minimum Gasteiger partial charge on any atom is -0.444 e. The predicted octanol–water partition coefficient (Wildman–Crippen LogP) is 3.14. The van der Waals surface area contributed by atoms with E-state index in [1.807, 2.05) is 32.9 Å². The van der Waals surface area contributed by atoms with Crippen LogP contribution < -0.4 is 5.32 Å². The normalized spacial score (nSPS) is 11.4. The summed E-state index contributed by atoms with van der Waals surface area (Å²) in [5.41, 5.74) is 1.50. The number of ether oxygens (including phenoxy) is 1. The molecule has 0 fully saturated rings. The molecule has 3 aromatic rings. The smallest absolute Gasteiger partial charge is 0.412 e. The summed E-state index contributed by atoms with van der Waals surface area (Å²) >= 11 is 0. The summed E-state index contributed by atoms with van der Waals surface area (Å²) in [4.78, 5) is 20.3. The first-order chi connectivity index (χ1) is 10.9. The van der Waals surface area contributed by atoms with Crippen LogP contribution in [0.3, 0.4) is 0 Å². The van der Waals surface area contributed by atoms with E-state index >= 15 is 0 Å². The molecule has 0 atom stereocenters. The van der Waals surface area contributed by atoms with E-state index in [2.05, 4.69) is 20.4 Å². The molecule has 7 nitrogen and oxygen atoms in total. The Morgan fingerprint density at radius 1 is 1.30 bits per heavy atom.